The molecule has 1 N–H and O–H groups in total. The van der Waals surface area contributed by atoms with E-state index in [2.05, 4.69) is 9.98 Å². The Morgan fingerprint density at radius 3 is 2.48 bits per heavy atom. The van der Waals surface area contributed by atoms with Gasteiger partial charge in [0.2, 0.25) is 5.78 Å². The molecule has 25 heavy (non-hydrogen) atoms. The van der Waals surface area contributed by atoms with Crippen LogP contribution in [-0.2, 0) is 9.53 Å². The summed E-state index contributed by atoms with van der Waals surface area (Å²) in [5.41, 5.74) is -0.203. The normalized spacial score (nSPS) is 13.9. The van der Waals surface area contributed by atoms with Crippen LogP contribution in [0.3, 0.4) is 0 Å². The van der Waals surface area contributed by atoms with Gasteiger partial charge < -0.3 is 9.84 Å². The zero-order chi connectivity index (χ0) is 19.1. The Morgan fingerprint density at radius 1 is 1.32 bits per heavy atom. The molecule has 1 rings (SSSR count). The van der Waals surface area contributed by atoms with Crippen molar-refractivity contribution < 1.29 is 19.4 Å². The average Bonchev–Trinajstić information content (AvgIpc) is 2.54. The number of aromatic nitrogens is 1. The maximum atomic E-state index is 12.7. The SMILES string of the molecule is CCOC(=O)C(C=N[C@H](CO)C(C)C)C(=O)c1nc(Cl)c(Cl)cc1Cl. The third-order valence-corrected chi connectivity index (χ3v) is 4.29. The number of ketones is 1. The third-order valence-electron chi connectivity index (χ3n) is 3.33. The third kappa shape index (κ3) is 5.92. The summed E-state index contributed by atoms with van der Waals surface area (Å²) < 4.78 is 4.92. The highest BCUT2D eigenvalue weighted by atomic mass is 35.5. The van der Waals surface area contributed by atoms with E-state index in [4.69, 9.17) is 39.5 Å². The van der Waals surface area contributed by atoms with Crippen molar-refractivity contribution >= 4 is 52.8 Å². The number of Topliss-reactive ketones (excluding diaryl/α,β-unsaturated/α-hetero) is 1. The van der Waals surface area contributed by atoms with Crippen molar-refractivity contribution in [2.24, 2.45) is 16.8 Å². The molecular weight excluding hydrogens is 391 g/mol. The Balaban J connectivity index is 3.24. The Labute approximate surface area is 161 Å². The van der Waals surface area contributed by atoms with Crippen molar-refractivity contribution in [1.82, 2.24) is 4.98 Å². The summed E-state index contributed by atoms with van der Waals surface area (Å²) in [6.07, 6.45) is 1.15. The topological polar surface area (TPSA) is 88.9 Å². The first-order chi connectivity index (χ1) is 11.7. The fourth-order valence-electron chi connectivity index (χ4n) is 1.86. The van der Waals surface area contributed by atoms with Gasteiger partial charge in [-0.2, -0.15) is 0 Å². The highest BCUT2D eigenvalue weighted by Gasteiger charge is 2.31. The zero-order valence-corrected chi connectivity index (χ0v) is 16.3. The van der Waals surface area contributed by atoms with E-state index in [0.29, 0.717) is 0 Å². The molecule has 0 aromatic carbocycles. The van der Waals surface area contributed by atoms with Crippen LogP contribution in [0.4, 0.5) is 0 Å². The minimum absolute atomic E-state index is 0.0193. The Hall–Kier alpha value is -1.21. The zero-order valence-electron chi connectivity index (χ0n) is 14.0. The maximum absolute atomic E-state index is 12.7. The summed E-state index contributed by atoms with van der Waals surface area (Å²) in [6, 6.07) is 0.817. The number of carbonyl (C=O) groups excluding carboxylic acids is 2. The van der Waals surface area contributed by atoms with Gasteiger partial charge in [0.15, 0.2) is 5.92 Å². The molecule has 0 amide bonds. The number of ether oxygens (including phenoxy) is 1. The molecule has 0 saturated carbocycles. The van der Waals surface area contributed by atoms with Gasteiger partial charge in [-0.3, -0.25) is 14.6 Å². The van der Waals surface area contributed by atoms with E-state index in [1.54, 1.807) is 6.92 Å². The number of pyridine rings is 1. The van der Waals surface area contributed by atoms with Gasteiger partial charge in [0.05, 0.1) is 29.3 Å². The minimum atomic E-state index is -1.35. The molecule has 1 unspecified atom stereocenters. The van der Waals surface area contributed by atoms with Crippen LogP contribution in [0.5, 0.6) is 0 Å². The highest BCUT2D eigenvalue weighted by Crippen LogP contribution is 2.27. The lowest BCUT2D eigenvalue weighted by atomic mass is 10.0. The number of hydrogen-bond donors (Lipinski definition) is 1. The number of rotatable bonds is 8. The van der Waals surface area contributed by atoms with Gasteiger partial charge in [-0.25, -0.2) is 4.98 Å². The quantitative estimate of drug-likeness (QED) is 0.233. The van der Waals surface area contributed by atoms with Gasteiger partial charge in [-0.15, -0.1) is 0 Å². The fourth-order valence-corrected chi connectivity index (χ4v) is 2.45. The predicted octanol–water partition coefficient (Wildman–Crippen LogP) is 3.49. The maximum Gasteiger partial charge on any atom is 0.322 e. The molecule has 0 bridgehead atoms. The number of aliphatic hydroxyl groups is 1. The highest BCUT2D eigenvalue weighted by molar-refractivity contribution is 6.43. The van der Waals surface area contributed by atoms with Gasteiger partial charge >= 0.3 is 5.97 Å². The molecule has 1 heterocycles. The summed E-state index contributed by atoms with van der Waals surface area (Å²) in [6.45, 7) is 5.20. The molecule has 0 fully saturated rings. The number of halogens is 3. The van der Waals surface area contributed by atoms with Gasteiger partial charge in [0.25, 0.3) is 0 Å². The Morgan fingerprint density at radius 2 is 1.96 bits per heavy atom. The summed E-state index contributed by atoms with van der Waals surface area (Å²) in [7, 11) is 0. The second kappa shape index (κ2) is 10.1. The van der Waals surface area contributed by atoms with E-state index in [1.807, 2.05) is 13.8 Å². The van der Waals surface area contributed by atoms with Crippen LogP contribution in [0, 0.1) is 11.8 Å². The van der Waals surface area contributed by atoms with Crippen LogP contribution in [0.2, 0.25) is 15.2 Å². The van der Waals surface area contributed by atoms with Gasteiger partial charge in [0.1, 0.15) is 10.8 Å². The van der Waals surface area contributed by atoms with Crippen molar-refractivity contribution in [2.75, 3.05) is 13.2 Å². The summed E-state index contributed by atoms with van der Waals surface area (Å²) in [5, 5.41) is 9.28. The first-order valence-corrected chi connectivity index (χ1v) is 8.72. The van der Waals surface area contributed by atoms with E-state index < -0.39 is 23.7 Å². The molecule has 138 valence electrons. The van der Waals surface area contributed by atoms with E-state index in [0.717, 1.165) is 6.21 Å². The minimum Gasteiger partial charge on any atom is -0.465 e. The van der Waals surface area contributed by atoms with Gasteiger partial charge in [0, 0.05) is 6.21 Å². The number of esters is 1. The largest absolute Gasteiger partial charge is 0.465 e. The number of carbonyl (C=O) groups is 2. The van der Waals surface area contributed by atoms with Gasteiger partial charge in [-0.1, -0.05) is 48.7 Å². The number of hydrogen-bond acceptors (Lipinski definition) is 6. The summed E-state index contributed by atoms with van der Waals surface area (Å²) >= 11 is 17.6. The smallest absolute Gasteiger partial charge is 0.322 e. The van der Waals surface area contributed by atoms with Crippen LogP contribution in [0.15, 0.2) is 11.1 Å². The van der Waals surface area contributed by atoms with E-state index in [1.165, 1.54) is 6.07 Å². The van der Waals surface area contributed by atoms with Crippen molar-refractivity contribution in [2.45, 2.75) is 26.8 Å². The van der Waals surface area contributed by atoms with E-state index in [-0.39, 0.29) is 40.0 Å². The molecule has 0 radical (unpaired) electrons. The standard InChI is InChI=1S/C16H19Cl3N2O4/c1-4-25-16(24)9(6-20-12(7-22)8(2)3)14(23)13-10(17)5-11(18)15(19)21-13/h5-6,8-9,12,22H,4,7H2,1-3H3/t9?,12-/m1/s1. The number of aliphatic imine (C=N–C) groups is 1. The van der Waals surface area contributed by atoms with Crippen LogP contribution in [0.1, 0.15) is 31.3 Å². The Kier molecular flexibility index (Phi) is 8.79. The Bertz CT molecular complexity index is 665. The average molecular weight is 410 g/mol. The first-order valence-electron chi connectivity index (χ1n) is 7.59. The molecule has 0 aliphatic heterocycles. The van der Waals surface area contributed by atoms with Crippen molar-refractivity contribution in [3.63, 3.8) is 0 Å². The number of nitrogens with zero attached hydrogens (tertiary/aromatic N) is 2. The van der Waals surface area contributed by atoms with Gasteiger partial charge in [-0.05, 0) is 18.9 Å². The number of aliphatic hydroxyl groups excluding tert-OH is 1. The van der Waals surface area contributed by atoms with Crippen LogP contribution in [0.25, 0.3) is 0 Å². The first kappa shape index (κ1) is 21.8. The van der Waals surface area contributed by atoms with E-state index >= 15 is 0 Å². The summed E-state index contributed by atoms with van der Waals surface area (Å²) in [5.74, 6) is -2.84. The molecule has 9 heteroatoms. The van der Waals surface area contributed by atoms with Crippen LogP contribution >= 0.6 is 34.8 Å². The second-order valence-corrected chi connectivity index (χ2v) is 6.65. The van der Waals surface area contributed by atoms with Crippen molar-refractivity contribution in [3.8, 4) is 0 Å². The molecule has 2 atom stereocenters. The molecule has 0 aliphatic rings. The molecule has 0 spiro atoms. The van der Waals surface area contributed by atoms with Crippen LogP contribution in [-0.4, -0.2) is 47.3 Å². The lowest BCUT2D eigenvalue weighted by Gasteiger charge is -2.15. The molecule has 0 saturated heterocycles. The fraction of sp³-hybridized carbons (Fsp3) is 0.500. The monoisotopic (exact) mass is 408 g/mol. The molecule has 1 aromatic rings. The predicted molar refractivity (Wildman–Crippen MR) is 97.9 cm³/mol. The lowest BCUT2D eigenvalue weighted by molar-refractivity contribution is -0.144. The second-order valence-electron chi connectivity index (χ2n) is 5.48. The van der Waals surface area contributed by atoms with Crippen molar-refractivity contribution in [1.29, 1.82) is 0 Å². The molecule has 0 aliphatic carbocycles. The molecular formula is C16H19Cl3N2O4. The van der Waals surface area contributed by atoms with Crippen LogP contribution < -0.4 is 0 Å². The van der Waals surface area contributed by atoms with Crippen molar-refractivity contribution in [3.05, 3.63) is 27.0 Å². The lowest BCUT2D eigenvalue weighted by Crippen LogP contribution is -2.30. The summed E-state index contributed by atoms with van der Waals surface area (Å²) in [4.78, 5) is 32.9. The molecule has 1 aromatic heterocycles. The molecule has 6 nitrogen and oxygen atoms in total. The van der Waals surface area contributed by atoms with E-state index in [9.17, 15) is 14.7 Å².